The quantitative estimate of drug-likeness (QED) is 0.722. The topological polar surface area (TPSA) is 51.2 Å². The molecule has 3 nitrogen and oxygen atoms in total. The van der Waals surface area contributed by atoms with Gasteiger partial charge in [0.2, 0.25) is 0 Å². The molecule has 3 N–H and O–H groups in total. The molecule has 1 saturated carbocycles. The zero-order valence-electron chi connectivity index (χ0n) is 9.11. The van der Waals surface area contributed by atoms with E-state index in [0.717, 1.165) is 25.3 Å². The molecule has 0 bridgehead atoms. The molecule has 1 heterocycles. The van der Waals surface area contributed by atoms with E-state index >= 15 is 0 Å². The predicted octanol–water partition coefficient (Wildman–Crippen LogP) is 1.54. The van der Waals surface area contributed by atoms with Crippen LogP contribution in [0.15, 0.2) is 22.8 Å². The third kappa shape index (κ3) is 3.08. The number of rotatable bonds is 5. The van der Waals surface area contributed by atoms with Gasteiger partial charge in [-0.15, -0.1) is 0 Å². The van der Waals surface area contributed by atoms with Gasteiger partial charge in [-0.25, -0.2) is 0 Å². The van der Waals surface area contributed by atoms with E-state index in [0.29, 0.717) is 12.0 Å². The van der Waals surface area contributed by atoms with Crippen LogP contribution in [0.4, 0.5) is 0 Å². The molecule has 0 saturated heterocycles. The molecule has 1 aliphatic rings. The fourth-order valence-corrected chi connectivity index (χ4v) is 2.27. The number of nitrogens with two attached hydrogens (primary N) is 1. The van der Waals surface area contributed by atoms with Gasteiger partial charge in [0.05, 0.1) is 6.26 Å². The minimum absolute atomic E-state index is 0.418. The van der Waals surface area contributed by atoms with Gasteiger partial charge in [0.25, 0.3) is 0 Å². The second-order valence-electron chi connectivity index (χ2n) is 4.39. The summed E-state index contributed by atoms with van der Waals surface area (Å²) in [6, 6.07) is 4.37. The lowest BCUT2D eigenvalue weighted by Gasteiger charge is -2.15. The Morgan fingerprint density at radius 1 is 1.47 bits per heavy atom. The number of hydrogen-bond acceptors (Lipinski definition) is 3. The van der Waals surface area contributed by atoms with Crippen LogP contribution >= 0.6 is 0 Å². The summed E-state index contributed by atoms with van der Waals surface area (Å²) in [5, 5.41) is 3.46. The lowest BCUT2D eigenvalue weighted by Crippen LogP contribution is -2.33. The fourth-order valence-electron chi connectivity index (χ4n) is 2.27. The Kier molecular flexibility index (Phi) is 3.80. The molecule has 2 atom stereocenters. The minimum atomic E-state index is 0.418. The Hall–Kier alpha value is -0.800. The molecule has 0 aliphatic heterocycles. The van der Waals surface area contributed by atoms with Crippen LogP contribution in [0.1, 0.15) is 25.0 Å². The Morgan fingerprint density at radius 3 is 3.07 bits per heavy atom. The molecule has 1 aromatic rings. The van der Waals surface area contributed by atoms with Crippen LogP contribution in [-0.4, -0.2) is 19.1 Å². The van der Waals surface area contributed by atoms with Crippen LogP contribution in [-0.2, 0) is 6.42 Å². The van der Waals surface area contributed by atoms with Crippen LogP contribution in [0.3, 0.4) is 0 Å². The van der Waals surface area contributed by atoms with Gasteiger partial charge in [0, 0.05) is 19.0 Å². The summed E-state index contributed by atoms with van der Waals surface area (Å²) in [5.74, 6) is 1.74. The van der Waals surface area contributed by atoms with E-state index in [-0.39, 0.29) is 0 Å². The van der Waals surface area contributed by atoms with Crippen molar-refractivity contribution in [3.05, 3.63) is 24.2 Å². The summed E-state index contributed by atoms with van der Waals surface area (Å²) >= 11 is 0. The Balaban J connectivity index is 1.59. The molecule has 15 heavy (non-hydrogen) atoms. The standard InChI is InChI=1S/C12H20N2O/c13-12-5-1-3-10(12)9-14-7-6-11-4-2-8-15-11/h2,4,8,10,12,14H,1,3,5-7,9,13H2. The summed E-state index contributed by atoms with van der Waals surface area (Å²) in [6.07, 6.45) is 6.47. The van der Waals surface area contributed by atoms with E-state index in [4.69, 9.17) is 10.2 Å². The average molecular weight is 208 g/mol. The molecule has 0 amide bonds. The summed E-state index contributed by atoms with van der Waals surface area (Å²) in [6.45, 7) is 2.04. The van der Waals surface area contributed by atoms with Crippen LogP contribution < -0.4 is 11.1 Å². The van der Waals surface area contributed by atoms with Gasteiger partial charge in [-0.1, -0.05) is 6.42 Å². The lowest BCUT2D eigenvalue weighted by atomic mass is 10.0. The van der Waals surface area contributed by atoms with Gasteiger partial charge in [0.15, 0.2) is 0 Å². The third-order valence-corrected chi connectivity index (χ3v) is 3.25. The van der Waals surface area contributed by atoms with Gasteiger partial charge in [0.1, 0.15) is 5.76 Å². The van der Waals surface area contributed by atoms with Crippen LogP contribution in [0.5, 0.6) is 0 Å². The van der Waals surface area contributed by atoms with Crippen molar-refractivity contribution in [2.24, 2.45) is 11.7 Å². The molecule has 1 fully saturated rings. The van der Waals surface area contributed by atoms with E-state index in [9.17, 15) is 0 Å². The molecule has 1 aromatic heterocycles. The highest BCUT2D eigenvalue weighted by Gasteiger charge is 2.22. The maximum absolute atomic E-state index is 6.00. The summed E-state index contributed by atoms with van der Waals surface area (Å²) in [5.41, 5.74) is 6.00. The van der Waals surface area contributed by atoms with E-state index < -0.39 is 0 Å². The first-order chi connectivity index (χ1) is 7.36. The van der Waals surface area contributed by atoms with E-state index in [1.807, 2.05) is 12.1 Å². The molecule has 2 unspecified atom stereocenters. The highest BCUT2D eigenvalue weighted by molar-refractivity contribution is 4.98. The predicted molar refractivity (Wildman–Crippen MR) is 60.6 cm³/mol. The van der Waals surface area contributed by atoms with Crippen LogP contribution in [0.25, 0.3) is 0 Å². The van der Waals surface area contributed by atoms with Crippen molar-refractivity contribution in [3.8, 4) is 0 Å². The number of nitrogens with one attached hydrogen (secondary N) is 1. The van der Waals surface area contributed by atoms with E-state index in [1.54, 1.807) is 6.26 Å². The van der Waals surface area contributed by atoms with Crippen molar-refractivity contribution in [1.82, 2.24) is 5.32 Å². The van der Waals surface area contributed by atoms with Gasteiger partial charge >= 0.3 is 0 Å². The van der Waals surface area contributed by atoms with Crippen molar-refractivity contribution in [2.75, 3.05) is 13.1 Å². The monoisotopic (exact) mass is 208 g/mol. The zero-order chi connectivity index (χ0) is 10.5. The smallest absolute Gasteiger partial charge is 0.105 e. The van der Waals surface area contributed by atoms with E-state index in [1.165, 1.54) is 19.3 Å². The van der Waals surface area contributed by atoms with Crippen molar-refractivity contribution >= 4 is 0 Å². The Bertz CT molecular complexity index is 271. The van der Waals surface area contributed by atoms with Gasteiger partial charge in [-0.2, -0.15) is 0 Å². The number of furan rings is 1. The first-order valence-electron chi connectivity index (χ1n) is 5.85. The van der Waals surface area contributed by atoms with Crippen molar-refractivity contribution in [3.63, 3.8) is 0 Å². The molecule has 3 heteroatoms. The van der Waals surface area contributed by atoms with Crippen molar-refractivity contribution < 1.29 is 4.42 Å². The molecule has 1 aliphatic carbocycles. The average Bonchev–Trinajstić information content (AvgIpc) is 2.85. The maximum atomic E-state index is 6.00. The molecule has 0 radical (unpaired) electrons. The van der Waals surface area contributed by atoms with Crippen LogP contribution in [0, 0.1) is 5.92 Å². The van der Waals surface area contributed by atoms with Crippen molar-refractivity contribution in [1.29, 1.82) is 0 Å². The molecular weight excluding hydrogens is 188 g/mol. The highest BCUT2D eigenvalue weighted by Crippen LogP contribution is 2.22. The SMILES string of the molecule is NC1CCCC1CNCCc1ccco1. The third-order valence-electron chi connectivity index (χ3n) is 3.25. The molecule has 0 spiro atoms. The first-order valence-corrected chi connectivity index (χ1v) is 5.85. The van der Waals surface area contributed by atoms with E-state index in [2.05, 4.69) is 5.32 Å². The highest BCUT2D eigenvalue weighted by atomic mass is 16.3. The van der Waals surface area contributed by atoms with Gasteiger partial charge in [-0.3, -0.25) is 0 Å². The molecule has 84 valence electrons. The minimum Gasteiger partial charge on any atom is -0.469 e. The van der Waals surface area contributed by atoms with Gasteiger partial charge < -0.3 is 15.5 Å². The second-order valence-corrected chi connectivity index (χ2v) is 4.39. The summed E-state index contributed by atoms with van der Waals surface area (Å²) in [7, 11) is 0. The molecular formula is C12H20N2O. The Labute approximate surface area is 91.0 Å². The fraction of sp³-hybridized carbons (Fsp3) is 0.667. The Morgan fingerprint density at radius 2 is 2.40 bits per heavy atom. The number of hydrogen-bond donors (Lipinski definition) is 2. The maximum Gasteiger partial charge on any atom is 0.105 e. The second kappa shape index (κ2) is 5.33. The summed E-state index contributed by atoms with van der Waals surface area (Å²) in [4.78, 5) is 0. The lowest BCUT2D eigenvalue weighted by molar-refractivity contribution is 0.434. The van der Waals surface area contributed by atoms with Gasteiger partial charge in [-0.05, 0) is 37.4 Å². The molecule has 2 rings (SSSR count). The summed E-state index contributed by atoms with van der Waals surface area (Å²) < 4.78 is 5.26. The van der Waals surface area contributed by atoms with Crippen molar-refractivity contribution in [2.45, 2.75) is 31.7 Å². The normalized spacial score (nSPS) is 25.9. The van der Waals surface area contributed by atoms with Crippen LogP contribution in [0.2, 0.25) is 0 Å². The largest absolute Gasteiger partial charge is 0.469 e. The molecule has 0 aromatic carbocycles. The zero-order valence-corrected chi connectivity index (χ0v) is 9.11. The first kappa shape index (κ1) is 10.7.